The molecule has 480 valence electrons. The highest BCUT2D eigenvalue weighted by Gasteiger charge is 2.30. The van der Waals surface area contributed by atoms with Gasteiger partial charge in [0.2, 0.25) is 0 Å². The van der Waals surface area contributed by atoms with Gasteiger partial charge in [0, 0.05) is 25.7 Å². The molecule has 0 aromatic carbocycles. The average molecular weight is 1200 g/mol. The molecule has 0 radical (unpaired) electrons. The lowest BCUT2D eigenvalue weighted by atomic mass is 10.0. The van der Waals surface area contributed by atoms with Crippen LogP contribution in [-0.2, 0) is 65.4 Å². The minimum atomic E-state index is -4.94. The number of phosphoric ester groups is 2. The van der Waals surface area contributed by atoms with Crippen molar-refractivity contribution in [1.29, 1.82) is 0 Å². The molecule has 0 rings (SSSR count). The first-order chi connectivity index (χ1) is 38.9. The summed E-state index contributed by atoms with van der Waals surface area (Å²) in [7, 11) is -9.87. The van der Waals surface area contributed by atoms with E-state index in [4.69, 9.17) is 37.0 Å². The molecule has 0 saturated carbocycles. The Kier molecular flexibility index (Phi) is 53.4. The predicted octanol–water partition coefficient (Wildman–Crippen LogP) is 16.9. The van der Waals surface area contributed by atoms with Crippen LogP contribution in [0.25, 0.3) is 0 Å². The number of esters is 4. The standard InChI is InChI=1S/C62H120O17P2/c1-7-9-11-13-14-15-22-27-34-40-46-61(66)78-57(50-72-59(64)44-38-30-12-10-8-2)52-76-80(68,69)74-48-56(63)49-75-81(70,71)77-53-58(51-73-60(65)45-39-33-29-24-26-32-37-43-55(5)6)79-62(67)47-41-35-28-23-20-18-16-17-19-21-25-31-36-42-54(3)4/h54-58,63H,7-53H2,1-6H3,(H,68,69)(H,70,71)/t56-,57+,58+/m0/s1. The molecule has 5 atom stereocenters. The Bertz CT molecular complexity index is 1600. The summed E-state index contributed by atoms with van der Waals surface area (Å²) in [6, 6.07) is 0. The van der Waals surface area contributed by atoms with Crippen LogP contribution >= 0.6 is 15.6 Å². The third-order valence-corrected chi connectivity index (χ3v) is 16.1. The summed E-state index contributed by atoms with van der Waals surface area (Å²) in [6.45, 7) is 9.35. The van der Waals surface area contributed by atoms with Gasteiger partial charge in [0.15, 0.2) is 12.2 Å². The maximum absolute atomic E-state index is 12.9. The van der Waals surface area contributed by atoms with Gasteiger partial charge in [-0.2, -0.15) is 0 Å². The van der Waals surface area contributed by atoms with Gasteiger partial charge in [-0.25, -0.2) is 9.13 Å². The van der Waals surface area contributed by atoms with Crippen molar-refractivity contribution < 1.29 is 80.2 Å². The maximum atomic E-state index is 12.9. The number of carbonyl (C=O) groups is 4. The lowest BCUT2D eigenvalue weighted by molar-refractivity contribution is -0.161. The van der Waals surface area contributed by atoms with Crippen molar-refractivity contribution in [1.82, 2.24) is 0 Å². The second-order valence-corrected chi connectivity index (χ2v) is 26.3. The fraction of sp³-hybridized carbons (Fsp3) is 0.935. The number of phosphoric acid groups is 2. The van der Waals surface area contributed by atoms with Crippen molar-refractivity contribution in [3.05, 3.63) is 0 Å². The molecule has 0 saturated heterocycles. The fourth-order valence-electron chi connectivity index (χ4n) is 9.18. The van der Waals surface area contributed by atoms with E-state index >= 15 is 0 Å². The van der Waals surface area contributed by atoms with E-state index in [2.05, 4.69) is 41.5 Å². The first kappa shape index (κ1) is 79.1. The summed E-state index contributed by atoms with van der Waals surface area (Å²) in [4.78, 5) is 71.8. The predicted molar refractivity (Wildman–Crippen MR) is 321 cm³/mol. The van der Waals surface area contributed by atoms with Gasteiger partial charge < -0.3 is 33.8 Å². The van der Waals surface area contributed by atoms with Crippen molar-refractivity contribution in [2.45, 2.75) is 323 Å². The molecule has 0 aromatic rings. The molecule has 17 nitrogen and oxygen atoms in total. The summed E-state index contributed by atoms with van der Waals surface area (Å²) in [6.07, 6.45) is 36.6. The summed E-state index contributed by atoms with van der Waals surface area (Å²) < 4.78 is 67.7. The van der Waals surface area contributed by atoms with E-state index in [0.717, 1.165) is 109 Å². The van der Waals surface area contributed by atoms with Gasteiger partial charge in [-0.15, -0.1) is 0 Å². The van der Waals surface area contributed by atoms with Crippen LogP contribution < -0.4 is 0 Å². The van der Waals surface area contributed by atoms with Gasteiger partial charge in [0.05, 0.1) is 26.4 Å². The first-order valence-electron chi connectivity index (χ1n) is 32.5. The molecule has 0 aromatic heterocycles. The van der Waals surface area contributed by atoms with Gasteiger partial charge in [0.25, 0.3) is 0 Å². The monoisotopic (exact) mass is 1200 g/mol. The molecule has 0 amide bonds. The Hall–Kier alpha value is -1.94. The Labute approximate surface area is 492 Å². The molecule has 81 heavy (non-hydrogen) atoms. The molecule has 0 bridgehead atoms. The number of hydrogen-bond donors (Lipinski definition) is 3. The Balaban J connectivity index is 5.16. The Morgan fingerprint density at radius 3 is 0.840 bits per heavy atom. The molecule has 0 spiro atoms. The lowest BCUT2D eigenvalue weighted by Gasteiger charge is -2.21. The lowest BCUT2D eigenvalue weighted by Crippen LogP contribution is -2.30. The molecule has 19 heteroatoms. The van der Waals surface area contributed by atoms with Crippen LogP contribution in [-0.4, -0.2) is 96.7 Å². The van der Waals surface area contributed by atoms with Gasteiger partial charge in [-0.1, -0.05) is 253 Å². The third-order valence-electron chi connectivity index (χ3n) is 14.2. The number of hydrogen-bond acceptors (Lipinski definition) is 15. The van der Waals surface area contributed by atoms with Crippen LogP contribution in [0.5, 0.6) is 0 Å². The molecule has 0 aliphatic carbocycles. The number of aliphatic hydroxyl groups is 1. The van der Waals surface area contributed by atoms with Crippen LogP contribution in [0.1, 0.15) is 305 Å². The number of carbonyl (C=O) groups excluding carboxylic acids is 4. The molecule has 0 aliphatic rings. The van der Waals surface area contributed by atoms with E-state index in [1.54, 1.807) is 0 Å². The zero-order valence-electron chi connectivity index (χ0n) is 52.1. The first-order valence-corrected chi connectivity index (χ1v) is 35.5. The Morgan fingerprint density at radius 2 is 0.568 bits per heavy atom. The number of unbranched alkanes of at least 4 members (excludes halogenated alkanes) is 31. The minimum Gasteiger partial charge on any atom is -0.462 e. The SMILES string of the molecule is CCCCCCCCCCCCC(=O)O[C@H](COC(=O)CCCCCCC)COP(=O)(O)OC[C@H](O)COP(=O)(O)OC[C@@H](COC(=O)CCCCCCCCCC(C)C)OC(=O)CCCCCCCCCCCCCCCC(C)C. The van der Waals surface area contributed by atoms with Crippen LogP contribution in [0.15, 0.2) is 0 Å². The van der Waals surface area contributed by atoms with Crippen molar-refractivity contribution in [2.75, 3.05) is 39.6 Å². The third kappa shape index (κ3) is 56.9. The average Bonchev–Trinajstić information content (AvgIpc) is 3.42. The van der Waals surface area contributed by atoms with Crippen LogP contribution in [0.4, 0.5) is 0 Å². The number of rotatable bonds is 61. The summed E-state index contributed by atoms with van der Waals surface area (Å²) >= 11 is 0. The molecule has 0 fully saturated rings. The normalized spacial score (nSPS) is 14.4. The fourth-order valence-corrected chi connectivity index (χ4v) is 10.8. The van der Waals surface area contributed by atoms with E-state index in [-0.39, 0.29) is 25.7 Å². The summed E-state index contributed by atoms with van der Waals surface area (Å²) in [5.74, 6) is -0.657. The maximum Gasteiger partial charge on any atom is 0.472 e. The summed E-state index contributed by atoms with van der Waals surface area (Å²) in [5.41, 5.74) is 0. The van der Waals surface area contributed by atoms with Crippen molar-refractivity contribution in [3.63, 3.8) is 0 Å². The van der Waals surface area contributed by atoms with Crippen LogP contribution in [0.3, 0.4) is 0 Å². The van der Waals surface area contributed by atoms with Gasteiger partial charge in [0.1, 0.15) is 19.3 Å². The molecular weight excluding hydrogens is 1080 g/mol. The van der Waals surface area contributed by atoms with E-state index in [0.29, 0.717) is 31.6 Å². The van der Waals surface area contributed by atoms with Gasteiger partial charge >= 0.3 is 39.5 Å². The highest BCUT2D eigenvalue weighted by Crippen LogP contribution is 2.45. The van der Waals surface area contributed by atoms with Crippen molar-refractivity contribution in [3.8, 4) is 0 Å². The largest absolute Gasteiger partial charge is 0.472 e. The smallest absolute Gasteiger partial charge is 0.462 e. The molecule has 0 aliphatic heterocycles. The quantitative estimate of drug-likeness (QED) is 0.0222. The van der Waals surface area contributed by atoms with E-state index in [1.165, 1.54) is 109 Å². The number of ether oxygens (including phenoxy) is 4. The highest BCUT2D eigenvalue weighted by atomic mass is 31.2. The highest BCUT2D eigenvalue weighted by molar-refractivity contribution is 7.47. The van der Waals surface area contributed by atoms with E-state index < -0.39 is 97.5 Å². The molecule has 3 N–H and O–H groups in total. The second kappa shape index (κ2) is 54.7. The second-order valence-electron chi connectivity index (χ2n) is 23.4. The van der Waals surface area contributed by atoms with Crippen LogP contribution in [0, 0.1) is 11.8 Å². The van der Waals surface area contributed by atoms with E-state index in [1.807, 2.05) is 0 Å². The Morgan fingerprint density at radius 1 is 0.333 bits per heavy atom. The zero-order valence-corrected chi connectivity index (χ0v) is 53.9. The topological polar surface area (TPSA) is 237 Å². The van der Waals surface area contributed by atoms with Crippen LogP contribution in [0.2, 0.25) is 0 Å². The number of aliphatic hydroxyl groups excluding tert-OH is 1. The van der Waals surface area contributed by atoms with Crippen molar-refractivity contribution >= 4 is 39.5 Å². The van der Waals surface area contributed by atoms with E-state index in [9.17, 15) is 43.2 Å². The minimum absolute atomic E-state index is 0.105. The molecular formula is C62H120O17P2. The van der Waals surface area contributed by atoms with Gasteiger partial charge in [-0.05, 0) is 37.5 Å². The van der Waals surface area contributed by atoms with Crippen molar-refractivity contribution in [2.24, 2.45) is 11.8 Å². The summed E-state index contributed by atoms with van der Waals surface area (Å²) in [5, 5.41) is 10.5. The van der Waals surface area contributed by atoms with Gasteiger partial charge in [-0.3, -0.25) is 37.3 Å². The zero-order chi connectivity index (χ0) is 60.1. The molecule has 2 unspecified atom stereocenters. The molecule has 0 heterocycles.